The number of hydrogen-bond acceptors (Lipinski definition) is 3. The lowest BCUT2D eigenvalue weighted by Crippen LogP contribution is -2.44. The van der Waals surface area contributed by atoms with E-state index in [1.165, 1.54) is 13.2 Å². The quantitative estimate of drug-likeness (QED) is 0.539. The molecule has 0 fully saturated rings. The number of hydrogen-bond donors (Lipinski definition) is 0. The first-order valence-corrected chi connectivity index (χ1v) is 10.0. The second kappa shape index (κ2) is 8.29. The van der Waals surface area contributed by atoms with Gasteiger partial charge in [-0.05, 0) is 29.8 Å². The van der Waals surface area contributed by atoms with Crippen LogP contribution in [0.15, 0.2) is 24.3 Å². The van der Waals surface area contributed by atoms with Gasteiger partial charge in [0, 0.05) is 6.42 Å². The first kappa shape index (κ1) is 17.8. The van der Waals surface area contributed by atoms with Crippen LogP contribution in [0.1, 0.15) is 26.3 Å². The zero-order valence-corrected chi connectivity index (χ0v) is 14.3. The summed E-state index contributed by atoms with van der Waals surface area (Å²) in [6.07, 6.45) is -0.507. The van der Waals surface area contributed by atoms with Crippen molar-refractivity contribution in [2.45, 2.75) is 51.4 Å². The summed E-state index contributed by atoms with van der Waals surface area (Å²) in [5, 5.41) is 0. The molecule has 0 aliphatic rings. The monoisotopic (exact) mass is 312 g/mol. The van der Waals surface area contributed by atoms with Gasteiger partial charge in [-0.2, -0.15) is 0 Å². The molecule has 118 valence electrons. The molecule has 0 N–H and O–H groups in total. The Hall–Kier alpha value is -1.20. The molecule has 0 bridgehead atoms. The highest BCUT2D eigenvalue weighted by molar-refractivity contribution is 6.73. The molecule has 0 radical (unpaired) electrons. The van der Waals surface area contributed by atoms with Crippen molar-refractivity contribution >= 4 is 14.3 Å². The zero-order valence-electron chi connectivity index (χ0n) is 13.3. The third-order valence-electron chi connectivity index (χ3n) is 4.15. The predicted molar refractivity (Wildman–Crippen MR) is 84.2 cm³/mol. The molecule has 0 heterocycles. The minimum Gasteiger partial charge on any atom is -0.467 e. The summed E-state index contributed by atoms with van der Waals surface area (Å²) in [4.78, 5) is 12.0. The topological polar surface area (TPSA) is 35.5 Å². The van der Waals surface area contributed by atoms with Crippen molar-refractivity contribution in [3.8, 4) is 0 Å². The van der Waals surface area contributed by atoms with Gasteiger partial charge in [0.05, 0.1) is 7.11 Å². The fourth-order valence-corrected chi connectivity index (χ4v) is 5.25. The third-order valence-corrected chi connectivity index (χ3v) is 8.80. The molecule has 5 heteroatoms. The highest BCUT2D eigenvalue weighted by Crippen LogP contribution is 2.25. The van der Waals surface area contributed by atoms with E-state index in [4.69, 9.17) is 9.16 Å². The summed E-state index contributed by atoms with van der Waals surface area (Å²) >= 11 is 0. The standard InChI is InChI=1S/C16H25FO3Si/c1-5-21(6-2,7-3)20-15(16(18)19-4)12-13-10-8-9-11-14(13)17/h8-11,15H,5-7,12H2,1-4H3. The maximum atomic E-state index is 13.8. The first-order valence-electron chi connectivity index (χ1n) is 7.51. The van der Waals surface area contributed by atoms with E-state index in [1.807, 2.05) is 0 Å². The Balaban J connectivity index is 2.96. The van der Waals surface area contributed by atoms with E-state index in [2.05, 4.69) is 20.8 Å². The average Bonchev–Trinajstić information content (AvgIpc) is 2.53. The SMILES string of the molecule is CC[Si](CC)(CC)OC(Cc1ccccc1F)C(=O)OC. The Morgan fingerprint density at radius 1 is 1.19 bits per heavy atom. The van der Waals surface area contributed by atoms with Crippen LogP contribution in [0.25, 0.3) is 0 Å². The average molecular weight is 312 g/mol. The summed E-state index contributed by atoms with van der Waals surface area (Å²) < 4.78 is 24.8. The van der Waals surface area contributed by atoms with Crippen molar-refractivity contribution in [1.82, 2.24) is 0 Å². The number of esters is 1. The number of rotatable bonds is 8. The van der Waals surface area contributed by atoms with Crippen LogP contribution in [0.5, 0.6) is 0 Å². The molecule has 1 aromatic carbocycles. The molecule has 0 saturated carbocycles. The number of carbonyl (C=O) groups excluding carboxylic acids is 1. The lowest BCUT2D eigenvalue weighted by molar-refractivity contribution is -0.149. The molecule has 0 aliphatic heterocycles. The van der Waals surface area contributed by atoms with Gasteiger partial charge in [0.1, 0.15) is 11.9 Å². The smallest absolute Gasteiger partial charge is 0.334 e. The fourth-order valence-electron chi connectivity index (χ4n) is 2.47. The van der Waals surface area contributed by atoms with Gasteiger partial charge in [0.2, 0.25) is 0 Å². The highest BCUT2D eigenvalue weighted by Gasteiger charge is 2.35. The minimum atomic E-state index is -1.95. The van der Waals surface area contributed by atoms with E-state index < -0.39 is 20.4 Å². The fraction of sp³-hybridized carbons (Fsp3) is 0.562. The van der Waals surface area contributed by atoms with Crippen LogP contribution < -0.4 is 0 Å². The maximum absolute atomic E-state index is 13.8. The van der Waals surface area contributed by atoms with Crippen LogP contribution in [0.2, 0.25) is 18.1 Å². The van der Waals surface area contributed by atoms with Crippen LogP contribution in [0, 0.1) is 5.82 Å². The van der Waals surface area contributed by atoms with Gasteiger partial charge < -0.3 is 9.16 Å². The Morgan fingerprint density at radius 3 is 2.24 bits per heavy atom. The summed E-state index contributed by atoms with van der Waals surface area (Å²) in [6.45, 7) is 6.28. The van der Waals surface area contributed by atoms with Crippen molar-refractivity contribution in [2.24, 2.45) is 0 Å². The number of ether oxygens (including phenoxy) is 1. The minimum absolute atomic E-state index is 0.216. The van der Waals surface area contributed by atoms with Crippen LogP contribution in [-0.2, 0) is 20.4 Å². The second-order valence-electron chi connectivity index (χ2n) is 5.17. The summed E-state index contributed by atoms with van der Waals surface area (Å²) in [5.74, 6) is -0.739. The van der Waals surface area contributed by atoms with E-state index in [1.54, 1.807) is 18.2 Å². The number of benzene rings is 1. The second-order valence-corrected chi connectivity index (χ2v) is 9.89. The molecule has 21 heavy (non-hydrogen) atoms. The Bertz CT molecular complexity index is 452. The molecule has 0 spiro atoms. The molecular formula is C16H25FO3Si. The molecule has 0 aromatic heterocycles. The molecular weight excluding hydrogens is 287 g/mol. The number of carbonyl (C=O) groups is 1. The molecule has 1 atom stereocenters. The van der Waals surface area contributed by atoms with Gasteiger partial charge >= 0.3 is 5.97 Å². The summed E-state index contributed by atoms with van der Waals surface area (Å²) in [5.41, 5.74) is 0.485. The van der Waals surface area contributed by atoms with Crippen molar-refractivity contribution in [1.29, 1.82) is 0 Å². The van der Waals surface area contributed by atoms with Crippen molar-refractivity contribution in [2.75, 3.05) is 7.11 Å². The van der Waals surface area contributed by atoms with Crippen molar-refractivity contribution in [3.05, 3.63) is 35.6 Å². The largest absolute Gasteiger partial charge is 0.467 e. The predicted octanol–water partition coefficient (Wildman–Crippen LogP) is 3.93. The zero-order chi connectivity index (χ0) is 15.9. The Kier molecular flexibility index (Phi) is 7.05. The van der Waals surface area contributed by atoms with Gasteiger partial charge in [-0.25, -0.2) is 9.18 Å². The lowest BCUT2D eigenvalue weighted by Gasteiger charge is -2.32. The van der Waals surface area contributed by atoms with E-state index in [9.17, 15) is 9.18 Å². The van der Waals surface area contributed by atoms with Crippen LogP contribution in [0.3, 0.4) is 0 Å². The van der Waals surface area contributed by atoms with Crippen LogP contribution in [0.4, 0.5) is 4.39 Å². The normalized spacial score (nSPS) is 13.0. The maximum Gasteiger partial charge on any atom is 0.334 e. The van der Waals surface area contributed by atoms with Crippen LogP contribution in [-0.4, -0.2) is 27.5 Å². The van der Waals surface area contributed by atoms with E-state index in [0.717, 1.165) is 18.1 Å². The molecule has 0 saturated heterocycles. The first-order chi connectivity index (χ1) is 10.0. The molecule has 1 rings (SSSR count). The molecule has 1 unspecified atom stereocenters. The van der Waals surface area contributed by atoms with Crippen LogP contribution >= 0.6 is 0 Å². The molecule has 0 aliphatic carbocycles. The summed E-state index contributed by atoms with van der Waals surface area (Å²) in [6, 6.07) is 9.28. The molecule has 0 amide bonds. The van der Waals surface area contributed by atoms with Gasteiger partial charge in [0.15, 0.2) is 8.32 Å². The van der Waals surface area contributed by atoms with Gasteiger partial charge in [-0.3, -0.25) is 0 Å². The van der Waals surface area contributed by atoms with E-state index in [-0.39, 0.29) is 12.2 Å². The van der Waals surface area contributed by atoms with Gasteiger partial charge in [-0.1, -0.05) is 39.0 Å². The number of halogens is 1. The highest BCUT2D eigenvalue weighted by atomic mass is 28.4. The van der Waals surface area contributed by atoms with E-state index in [0.29, 0.717) is 5.56 Å². The van der Waals surface area contributed by atoms with Gasteiger partial charge in [-0.15, -0.1) is 0 Å². The summed E-state index contributed by atoms with van der Waals surface area (Å²) in [7, 11) is -0.614. The van der Waals surface area contributed by atoms with Crippen molar-refractivity contribution in [3.63, 3.8) is 0 Å². The lowest BCUT2D eigenvalue weighted by atomic mass is 10.1. The Morgan fingerprint density at radius 2 is 1.76 bits per heavy atom. The van der Waals surface area contributed by atoms with Crippen molar-refractivity contribution < 1.29 is 18.3 Å². The third kappa shape index (κ3) is 4.64. The van der Waals surface area contributed by atoms with Gasteiger partial charge in [0.25, 0.3) is 0 Å². The number of methoxy groups -OCH3 is 1. The molecule has 3 nitrogen and oxygen atoms in total. The van der Waals surface area contributed by atoms with E-state index >= 15 is 0 Å². The Labute approximate surface area is 127 Å². The molecule has 1 aromatic rings.